The fourth-order valence-electron chi connectivity index (χ4n) is 2.61. The number of rotatable bonds is 4. The van der Waals surface area contributed by atoms with Gasteiger partial charge in [0.05, 0.1) is 7.11 Å². The van der Waals surface area contributed by atoms with Crippen LogP contribution in [0.1, 0.15) is 24.0 Å². The number of halogens is 1. The number of methoxy groups -OCH3 is 1. The van der Waals surface area contributed by atoms with Crippen LogP contribution in [-0.4, -0.2) is 34.7 Å². The van der Waals surface area contributed by atoms with Gasteiger partial charge in [0, 0.05) is 12.6 Å². The lowest BCUT2D eigenvalue weighted by molar-refractivity contribution is 0.396. The largest absolute Gasteiger partial charge is 0.495 e. The highest BCUT2D eigenvalue weighted by molar-refractivity contribution is 7.89. The molecule has 1 heterocycles. The highest BCUT2D eigenvalue weighted by atomic mass is 35.5. The first-order chi connectivity index (χ1) is 9.44. The molecule has 0 radical (unpaired) electrons. The Balaban J connectivity index is 0.00000220. The molecular weight excluding hydrogens is 312 g/mol. The average Bonchev–Trinajstić information content (AvgIpc) is 2.38. The molecule has 1 atom stereocenters. The van der Waals surface area contributed by atoms with E-state index < -0.39 is 10.0 Å². The van der Waals surface area contributed by atoms with E-state index in [4.69, 9.17) is 4.74 Å². The third-order valence-corrected chi connectivity index (χ3v) is 5.02. The van der Waals surface area contributed by atoms with Crippen molar-refractivity contribution < 1.29 is 13.2 Å². The Morgan fingerprint density at radius 1 is 1.33 bits per heavy atom. The Kier molecular flexibility index (Phi) is 6.46. The summed E-state index contributed by atoms with van der Waals surface area (Å²) in [5.41, 5.74) is 1.74. The fraction of sp³-hybridized carbons (Fsp3) is 0.571. The van der Waals surface area contributed by atoms with E-state index in [9.17, 15) is 8.42 Å². The number of piperidine rings is 1. The van der Waals surface area contributed by atoms with Gasteiger partial charge in [-0.05, 0) is 50.4 Å². The standard InChI is InChI=1S/C14H22N2O3S.ClH/c1-10-7-11(2)14(19-3)13(8-10)20(17,18)16-12-5-4-6-15-9-12;/h7-8,12,15-16H,4-6,9H2,1-3H3;1H. The van der Waals surface area contributed by atoms with Gasteiger partial charge in [0.1, 0.15) is 10.6 Å². The molecule has 2 N–H and O–H groups in total. The molecule has 0 aliphatic carbocycles. The monoisotopic (exact) mass is 334 g/mol. The van der Waals surface area contributed by atoms with Crippen molar-refractivity contribution in [1.29, 1.82) is 0 Å². The first kappa shape index (κ1) is 18.2. The van der Waals surface area contributed by atoms with Gasteiger partial charge in [0.2, 0.25) is 10.0 Å². The van der Waals surface area contributed by atoms with Crippen LogP contribution in [0.2, 0.25) is 0 Å². The maximum Gasteiger partial charge on any atom is 0.244 e. The summed E-state index contributed by atoms with van der Waals surface area (Å²) in [5.74, 6) is 0.423. The van der Waals surface area contributed by atoms with Crippen molar-refractivity contribution in [3.8, 4) is 5.75 Å². The van der Waals surface area contributed by atoms with E-state index in [0.29, 0.717) is 12.3 Å². The van der Waals surface area contributed by atoms with Gasteiger partial charge in [-0.1, -0.05) is 6.07 Å². The van der Waals surface area contributed by atoms with Crippen LogP contribution in [0.15, 0.2) is 17.0 Å². The number of sulfonamides is 1. The second-order valence-corrected chi connectivity index (χ2v) is 6.96. The van der Waals surface area contributed by atoms with E-state index in [1.54, 1.807) is 6.07 Å². The molecule has 1 fully saturated rings. The van der Waals surface area contributed by atoms with Gasteiger partial charge in [0.15, 0.2) is 0 Å². The molecule has 1 saturated heterocycles. The molecule has 21 heavy (non-hydrogen) atoms. The summed E-state index contributed by atoms with van der Waals surface area (Å²) in [5, 5.41) is 3.20. The maximum absolute atomic E-state index is 12.6. The first-order valence-electron chi connectivity index (χ1n) is 6.82. The smallest absolute Gasteiger partial charge is 0.244 e. The second-order valence-electron chi connectivity index (χ2n) is 5.28. The quantitative estimate of drug-likeness (QED) is 0.880. The normalized spacial score (nSPS) is 18.9. The van der Waals surface area contributed by atoms with Crippen molar-refractivity contribution in [3.05, 3.63) is 23.3 Å². The van der Waals surface area contributed by atoms with Gasteiger partial charge in [0.25, 0.3) is 0 Å². The fourth-order valence-corrected chi connectivity index (χ4v) is 4.21. The number of hydrogen-bond donors (Lipinski definition) is 2. The third kappa shape index (κ3) is 4.32. The highest BCUT2D eigenvalue weighted by Gasteiger charge is 2.25. The van der Waals surface area contributed by atoms with Gasteiger partial charge in [-0.3, -0.25) is 0 Å². The van der Waals surface area contributed by atoms with Crippen molar-refractivity contribution >= 4 is 22.4 Å². The Bertz CT molecular complexity index is 584. The van der Waals surface area contributed by atoms with Crippen LogP contribution in [0.3, 0.4) is 0 Å². The minimum atomic E-state index is -3.56. The molecule has 1 aromatic carbocycles. The lowest BCUT2D eigenvalue weighted by Gasteiger charge is -2.24. The first-order valence-corrected chi connectivity index (χ1v) is 8.30. The molecular formula is C14H23ClN2O3S. The topological polar surface area (TPSA) is 67.4 Å². The number of aryl methyl sites for hydroxylation is 2. The van der Waals surface area contributed by atoms with E-state index in [-0.39, 0.29) is 23.3 Å². The Hall–Kier alpha value is -0.820. The van der Waals surface area contributed by atoms with E-state index >= 15 is 0 Å². The molecule has 5 nitrogen and oxygen atoms in total. The summed E-state index contributed by atoms with van der Waals surface area (Å²) in [6.45, 7) is 5.36. The van der Waals surface area contributed by atoms with Gasteiger partial charge in [-0.25, -0.2) is 13.1 Å². The van der Waals surface area contributed by atoms with Gasteiger partial charge in [-0.15, -0.1) is 12.4 Å². The third-order valence-electron chi connectivity index (χ3n) is 3.50. The number of ether oxygens (including phenoxy) is 1. The van der Waals surface area contributed by atoms with Crippen LogP contribution in [0.5, 0.6) is 5.75 Å². The Morgan fingerprint density at radius 3 is 2.62 bits per heavy atom. The minimum Gasteiger partial charge on any atom is -0.495 e. The molecule has 0 saturated carbocycles. The van der Waals surface area contributed by atoms with Gasteiger partial charge < -0.3 is 10.1 Å². The number of hydrogen-bond acceptors (Lipinski definition) is 4. The van der Waals surface area contributed by atoms with Crippen molar-refractivity contribution in [2.45, 2.75) is 37.6 Å². The molecule has 7 heteroatoms. The van der Waals surface area contributed by atoms with E-state index in [0.717, 1.165) is 30.5 Å². The van der Waals surface area contributed by atoms with Gasteiger partial charge in [-0.2, -0.15) is 0 Å². The van der Waals surface area contributed by atoms with Crippen LogP contribution >= 0.6 is 12.4 Å². The molecule has 0 aromatic heterocycles. The van der Waals surface area contributed by atoms with Crippen LogP contribution in [0, 0.1) is 13.8 Å². The minimum absolute atomic E-state index is 0. The SMILES string of the molecule is COc1c(C)cc(C)cc1S(=O)(=O)NC1CCCNC1.Cl. The predicted molar refractivity (Wildman–Crippen MR) is 85.9 cm³/mol. The van der Waals surface area contributed by atoms with Crippen LogP contribution in [0.4, 0.5) is 0 Å². The molecule has 1 unspecified atom stereocenters. The number of benzene rings is 1. The van der Waals surface area contributed by atoms with Crippen LogP contribution in [0.25, 0.3) is 0 Å². The Labute approximate surface area is 132 Å². The zero-order valence-electron chi connectivity index (χ0n) is 12.6. The average molecular weight is 335 g/mol. The predicted octanol–water partition coefficient (Wildman–Crippen LogP) is 1.76. The molecule has 0 bridgehead atoms. The zero-order chi connectivity index (χ0) is 14.8. The molecule has 0 amide bonds. The van der Waals surface area contributed by atoms with Gasteiger partial charge >= 0.3 is 0 Å². The Morgan fingerprint density at radius 2 is 2.05 bits per heavy atom. The molecule has 1 aromatic rings. The highest BCUT2D eigenvalue weighted by Crippen LogP contribution is 2.29. The van der Waals surface area contributed by atoms with E-state index in [2.05, 4.69) is 10.0 Å². The molecule has 0 spiro atoms. The van der Waals surface area contributed by atoms with Crippen molar-refractivity contribution in [3.63, 3.8) is 0 Å². The zero-order valence-corrected chi connectivity index (χ0v) is 14.2. The summed E-state index contributed by atoms with van der Waals surface area (Å²) in [7, 11) is -2.06. The summed E-state index contributed by atoms with van der Waals surface area (Å²) in [6.07, 6.45) is 1.84. The van der Waals surface area contributed by atoms with Crippen molar-refractivity contribution in [2.24, 2.45) is 0 Å². The molecule has 1 aliphatic rings. The van der Waals surface area contributed by atoms with E-state index in [1.165, 1.54) is 7.11 Å². The summed E-state index contributed by atoms with van der Waals surface area (Å²) in [6, 6.07) is 3.52. The summed E-state index contributed by atoms with van der Waals surface area (Å²) < 4.78 is 33.2. The lowest BCUT2D eigenvalue weighted by Crippen LogP contribution is -2.45. The maximum atomic E-state index is 12.6. The molecule has 2 rings (SSSR count). The van der Waals surface area contributed by atoms with Crippen molar-refractivity contribution in [2.75, 3.05) is 20.2 Å². The molecule has 1 aliphatic heterocycles. The summed E-state index contributed by atoms with van der Waals surface area (Å²) in [4.78, 5) is 0.225. The van der Waals surface area contributed by atoms with Crippen LogP contribution < -0.4 is 14.8 Å². The second kappa shape index (κ2) is 7.45. The lowest BCUT2D eigenvalue weighted by atomic mass is 10.1. The molecule has 120 valence electrons. The summed E-state index contributed by atoms with van der Waals surface area (Å²) >= 11 is 0. The van der Waals surface area contributed by atoms with Crippen molar-refractivity contribution in [1.82, 2.24) is 10.0 Å². The van der Waals surface area contributed by atoms with E-state index in [1.807, 2.05) is 19.9 Å². The number of nitrogens with one attached hydrogen (secondary N) is 2. The van der Waals surface area contributed by atoms with Crippen LogP contribution in [-0.2, 0) is 10.0 Å².